The highest BCUT2D eigenvalue weighted by Gasteiger charge is 2.05. The van der Waals surface area contributed by atoms with Crippen LogP contribution in [0.5, 0.6) is 5.75 Å². The van der Waals surface area contributed by atoms with E-state index in [9.17, 15) is 4.79 Å². The van der Waals surface area contributed by atoms with E-state index in [1.807, 2.05) is 0 Å². The van der Waals surface area contributed by atoms with Gasteiger partial charge in [0.15, 0.2) is 6.29 Å². The Hall–Kier alpha value is -0.540. The van der Waals surface area contributed by atoms with Crippen LogP contribution in [-0.2, 0) is 0 Å². The first-order valence-electron chi connectivity index (χ1n) is 4.47. The van der Waals surface area contributed by atoms with Crippen molar-refractivity contribution in [2.24, 2.45) is 0 Å². The number of halogens is 2. The molecule has 0 spiro atoms. The molecule has 0 N–H and O–H groups in total. The molecule has 0 aromatic heterocycles. The molecule has 0 atom stereocenters. The van der Waals surface area contributed by atoms with Gasteiger partial charge in [-0.3, -0.25) is 4.79 Å². The number of hydrogen-bond donors (Lipinski definition) is 0. The van der Waals surface area contributed by atoms with Gasteiger partial charge in [-0.2, -0.15) is 0 Å². The minimum atomic E-state index is -2.59. The molecule has 0 saturated carbocycles. The minimum absolute atomic E-state index is 0.0266. The number of aldehydes is 1. The van der Waals surface area contributed by atoms with E-state index in [1.54, 1.807) is 0 Å². The second-order valence-corrected chi connectivity index (χ2v) is 3.29. The maximum atomic E-state index is 10.6. The average Bonchev–Trinajstić information content (AvgIpc) is 2.08. The highest BCUT2D eigenvalue weighted by Crippen LogP contribution is 2.29. The number of carbonyl (C=O) groups excluding carboxylic acids is 1. The standard InChI is InChI=1S/C8H6BrClO2/c1-12-8-3-6(9)7(10)2-5(8)4-11/h2-4H,1H3/i1D3. The lowest BCUT2D eigenvalue weighted by Crippen LogP contribution is -1.90. The van der Waals surface area contributed by atoms with Crippen molar-refractivity contribution < 1.29 is 13.6 Å². The summed E-state index contributed by atoms with van der Waals surface area (Å²) < 4.78 is 25.8. The first-order valence-corrected chi connectivity index (χ1v) is 4.14. The van der Waals surface area contributed by atoms with Crippen LogP contribution in [0.3, 0.4) is 0 Å². The number of methoxy groups -OCH3 is 1. The van der Waals surface area contributed by atoms with Gasteiger partial charge >= 0.3 is 0 Å². The van der Waals surface area contributed by atoms with Gasteiger partial charge in [0.05, 0.1) is 21.7 Å². The van der Waals surface area contributed by atoms with Crippen molar-refractivity contribution in [2.75, 3.05) is 7.04 Å². The van der Waals surface area contributed by atoms with Crippen LogP contribution in [0.15, 0.2) is 16.6 Å². The average molecular weight is 253 g/mol. The van der Waals surface area contributed by atoms with Crippen LogP contribution in [-0.4, -0.2) is 13.3 Å². The molecule has 0 saturated heterocycles. The largest absolute Gasteiger partial charge is 0.496 e. The quantitative estimate of drug-likeness (QED) is 0.757. The maximum Gasteiger partial charge on any atom is 0.153 e. The second kappa shape index (κ2) is 3.92. The molecule has 1 aromatic rings. The van der Waals surface area contributed by atoms with Gasteiger partial charge in [-0.1, -0.05) is 11.6 Å². The number of rotatable bonds is 2. The Bertz CT molecular complexity index is 392. The number of benzene rings is 1. The van der Waals surface area contributed by atoms with E-state index in [0.717, 1.165) is 0 Å². The Balaban J connectivity index is 3.16. The molecular weight excluding hydrogens is 243 g/mol. The van der Waals surface area contributed by atoms with E-state index in [-0.39, 0.29) is 11.3 Å². The second-order valence-electron chi connectivity index (χ2n) is 2.02. The minimum Gasteiger partial charge on any atom is -0.496 e. The molecule has 1 aromatic carbocycles. The SMILES string of the molecule is [2H]C([2H])([2H])Oc1cc(Br)c(Cl)cc1C=O. The zero-order chi connectivity index (χ0) is 11.6. The molecule has 0 fully saturated rings. The molecule has 0 heterocycles. The molecule has 4 heteroatoms. The van der Waals surface area contributed by atoms with E-state index in [1.165, 1.54) is 12.1 Å². The summed E-state index contributed by atoms with van der Waals surface area (Å²) in [6, 6.07) is 2.68. The zero-order valence-electron chi connectivity index (χ0n) is 8.80. The van der Waals surface area contributed by atoms with E-state index in [4.69, 9.17) is 15.7 Å². The molecule has 0 amide bonds. The molecule has 0 aliphatic carbocycles. The van der Waals surface area contributed by atoms with Gasteiger partial charge in [0.2, 0.25) is 0 Å². The first kappa shape index (κ1) is 6.00. The van der Waals surface area contributed by atoms with Crippen molar-refractivity contribution in [2.45, 2.75) is 0 Å². The highest BCUT2D eigenvalue weighted by atomic mass is 79.9. The number of ether oxygens (including phenoxy) is 1. The van der Waals surface area contributed by atoms with Crippen molar-refractivity contribution >= 4 is 33.8 Å². The molecule has 0 bridgehead atoms. The summed E-state index contributed by atoms with van der Waals surface area (Å²) in [5.41, 5.74) is 0.0966. The number of hydrogen-bond acceptors (Lipinski definition) is 2. The predicted octanol–water partition coefficient (Wildman–Crippen LogP) is 2.92. The Morgan fingerprint density at radius 3 is 3.08 bits per heavy atom. The third-order valence-corrected chi connectivity index (χ3v) is 2.49. The Kier molecular flexibility index (Phi) is 1.96. The van der Waals surface area contributed by atoms with E-state index < -0.39 is 7.04 Å². The normalized spacial score (nSPS) is 14.3. The zero-order valence-corrected chi connectivity index (χ0v) is 8.15. The lowest BCUT2D eigenvalue weighted by molar-refractivity contribution is 0.112. The molecule has 1 rings (SSSR count). The summed E-state index contributed by atoms with van der Waals surface area (Å²) in [4.78, 5) is 10.6. The lowest BCUT2D eigenvalue weighted by Gasteiger charge is -2.04. The van der Waals surface area contributed by atoms with Crippen molar-refractivity contribution in [3.05, 3.63) is 27.2 Å². The van der Waals surface area contributed by atoms with Crippen molar-refractivity contribution in [1.82, 2.24) is 0 Å². The molecule has 12 heavy (non-hydrogen) atoms. The molecule has 0 aliphatic rings. The predicted molar refractivity (Wildman–Crippen MR) is 51.1 cm³/mol. The molecule has 64 valence electrons. The van der Waals surface area contributed by atoms with Gasteiger partial charge in [0, 0.05) is 4.47 Å². The van der Waals surface area contributed by atoms with Crippen LogP contribution in [0.4, 0.5) is 0 Å². The molecule has 2 nitrogen and oxygen atoms in total. The van der Waals surface area contributed by atoms with Gasteiger partial charge in [0.1, 0.15) is 5.75 Å². The van der Waals surface area contributed by atoms with Crippen molar-refractivity contribution in [3.63, 3.8) is 0 Å². The van der Waals surface area contributed by atoms with Gasteiger partial charge in [-0.25, -0.2) is 0 Å². The molecule has 0 radical (unpaired) electrons. The van der Waals surface area contributed by atoms with E-state index in [2.05, 4.69) is 20.7 Å². The van der Waals surface area contributed by atoms with Crippen LogP contribution in [0.25, 0.3) is 0 Å². The molecule has 0 unspecified atom stereocenters. The van der Waals surface area contributed by atoms with Crippen LogP contribution >= 0.6 is 27.5 Å². The third kappa shape index (κ3) is 1.79. The van der Waals surface area contributed by atoms with Gasteiger partial charge in [0.25, 0.3) is 0 Å². The topological polar surface area (TPSA) is 26.3 Å². The smallest absolute Gasteiger partial charge is 0.153 e. The lowest BCUT2D eigenvalue weighted by atomic mass is 10.2. The molecule has 0 aliphatic heterocycles. The monoisotopic (exact) mass is 251 g/mol. The summed E-state index contributed by atoms with van der Waals surface area (Å²) in [6.07, 6.45) is 0.486. The summed E-state index contributed by atoms with van der Waals surface area (Å²) in [6.45, 7) is 0. The maximum absolute atomic E-state index is 10.6. The summed E-state index contributed by atoms with van der Waals surface area (Å²) in [7, 11) is -2.59. The van der Waals surface area contributed by atoms with Crippen molar-refractivity contribution in [3.8, 4) is 5.75 Å². The van der Waals surface area contributed by atoms with Crippen LogP contribution in [0, 0.1) is 0 Å². The van der Waals surface area contributed by atoms with E-state index >= 15 is 0 Å². The van der Waals surface area contributed by atoms with E-state index in [0.29, 0.717) is 15.8 Å². The fourth-order valence-electron chi connectivity index (χ4n) is 0.724. The summed E-state index contributed by atoms with van der Waals surface area (Å²) in [5, 5.41) is 0.315. The fraction of sp³-hybridized carbons (Fsp3) is 0.125. The van der Waals surface area contributed by atoms with Gasteiger partial charge < -0.3 is 4.74 Å². The Morgan fingerprint density at radius 2 is 2.50 bits per heavy atom. The fourth-order valence-corrected chi connectivity index (χ4v) is 1.22. The third-order valence-electron chi connectivity index (χ3n) is 1.29. The van der Waals surface area contributed by atoms with Crippen LogP contribution in [0.1, 0.15) is 14.5 Å². The highest BCUT2D eigenvalue weighted by molar-refractivity contribution is 9.10. The summed E-state index contributed by atoms with van der Waals surface area (Å²) >= 11 is 8.84. The van der Waals surface area contributed by atoms with Crippen LogP contribution < -0.4 is 4.74 Å². The Labute approximate surface area is 87.8 Å². The first-order chi connectivity index (χ1) is 6.83. The van der Waals surface area contributed by atoms with Crippen molar-refractivity contribution in [1.29, 1.82) is 0 Å². The molecular formula is C8H6BrClO2. The Morgan fingerprint density at radius 1 is 1.75 bits per heavy atom. The van der Waals surface area contributed by atoms with Gasteiger partial charge in [-0.05, 0) is 28.1 Å². The van der Waals surface area contributed by atoms with Crippen LogP contribution in [0.2, 0.25) is 5.02 Å². The summed E-state index contributed by atoms with van der Waals surface area (Å²) in [5.74, 6) is -0.0266. The number of carbonyl (C=O) groups is 1. The van der Waals surface area contributed by atoms with Gasteiger partial charge in [-0.15, -0.1) is 0 Å².